The van der Waals surface area contributed by atoms with Crippen LogP contribution >= 0.6 is 0 Å². The van der Waals surface area contributed by atoms with Gasteiger partial charge >= 0.3 is 0 Å². The van der Waals surface area contributed by atoms with Crippen LogP contribution in [0.3, 0.4) is 0 Å². The van der Waals surface area contributed by atoms with Gasteiger partial charge in [-0.3, -0.25) is 4.68 Å². The van der Waals surface area contributed by atoms with Gasteiger partial charge in [-0.05, 0) is 62.7 Å². The molecule has 26 heavy (non-hydrogen) atoms. The summed E-state index contributed by atoms with van der Waals surface area (Å²) in [6, 6.07) is 6.92. The van der Waals surface area contributed by atoms with E-state index in [4.69, 9.17) is 0 Å². The third-order valence-electron chi connectivity index (χ3n) is 5.28. The Morgan fingerprint density at radius 3 is 2.58 bits per heavy atom. The molecule has 2 aliphatic heterocycles. The van der Waals surface area contributed by atoms with Gasteiger partial charge in [-0.25, -0.2) is 12.8 Å². The first-order chi connectivity index (χ1) is 12.5. The lowest BCUT2D eigenvalue weighted by molar-refractivity contribution is 0.226. The molecule has 0 radical (unpaired) electrons. The maximum atomic E-state index is 13.2. The highest BCUT2D eigenvalue weighted by Gasteiger charge is 2.34. The van der Waals surface area contributed by atoms with E-state index >= 15 is 0 Å². The van der Waals surface area contributed by atoms with Gasteiger partial charge in [0.15, 0.2) is 0 Å². The van der Waals surface area contributed by atoms with Crippen LogP contribution in [0.4, 0.5) is 4.39 Å². The van der Waals surface area contributed by atoms with Crippen molar-refractivity contribution in [1.82, 2.24) is 19.0 Å². The van der Waals surface area contributed by atoms with Gasteiger partial charge in [0.2, 0.25) is 10.0 Å². The zero-order valence-corrected chi connectivity index (χ0v) is 15.4. The Labute approximate surface area is 153 Å². The van der Waals surface area contributed by atoms with E-state index in [0.29, 0.717) is 13.1 Å². The molecule has 1 saturated heterocycles. The lowest BCUT2D eigenvalue weighted by Crippen LogP contribution is -2.42. The van der Waals surface area contributed by atoms with E-state index in [9.17, 15) is 12.8 Å². The molecule has 1 aromatic carbocycles. The van der Waals surface area contributed by atoms with Gasteiger partial charge in [0.05, 0.1) is 23.2 Å². The summed E-state index contributed by atoms with van der Waals surface area (Å²) in [4.78, 5) is 2.56. The van der Waals surface area contributed by atoms with Crippen LogP contribution in [0.25, 0.3) is 0 Å². The fourth-order valence-electron chi connectivity index (χ4n) is 3.84. The Kier molecular flexibility index (Phi) is 4.81. The summed E-state index contributed by atoms with van der Waals surface area (Å²) in [5, 5.41) is 4.41. The van der Waals surface area contributed by atoms with Gasteiger partial charge in [-0.1, -0.05) is 0 Å². The minimum absolute atomic E-state index is 0.0181. The predicted molar refractivity (Wildman–Crippen MR) is 95.6 cm³/mol. The van der Waals surface area contributed by atoms with Gasteiger partial charge in [-0.2, -0.15) is 9.40 Å². The van der Waals surface area contributed by atoms with E-state index in [0.717, 1.165) is 31.7 Å². The molecule has 140 valence electrons. The molecule has 8 heteroatoms. The van der Waals surface area contributed by atoms with E-state index in [2.05, 4.69) is 10.00 Å². The van der Waals surface area contributed by atoms with Crippen LogP contribution in [-0.4, -0.2) is 53.6 Å². The van der Waals surface area contributed by atoms with Crippen LogP contribution < -0.4 is 0 Å². The van der Waals surface area contributed by atoms with Crippen molar-refractivity contribution >= 4 is 10.0 Å². The van der Waals surface area contributed by atoms with E-state index in [1.165, 1.54) is 41.4 Å². The van der Waals surface area contributed by atoms with Crippen LogP contribution in [0.5, 0.6) is 0 Å². The first-order valence-electron chi connectivity index (χ1n) is 9.04. The highest BCUT2D eigenvalue weighted by Crippen LogP contribution is 2.28. The van der Waals surface area contributed by atoms with Crippen molar-refractivity contribution in [1.29, 1.82) is 0 Å². The van der Waals surface area contributed by atoms with E-state index in [-0.39, 0.29) is 10.9 Å². The second kappa shape index (κ2) is 7.09. The average Bonchev–Trinajstić information content (AvgIpc) is 3.31. The molecule has 0 aliphatic carbocycles. The summed E-state index contributed by atoms with van der Waals surface area (Å²) in [7, 11) is -3.66. The molecule has 1 atom stereocenters. The van der Waals surface area contributed by atoms with Crippen molar-refractivity contribution in [2.45, 2.75) is 36.7 Å². The fourth-order valence-corrected chi connectivity index (χ4v) is 5.29. The number of benzene rings is 1. The van der Waals surface area contributed by atoms with Gasteiger partial charge in [0, 0.05) is 19.3 Å². The molecule has 3 heterocycles. The Hall–Kier alpha value is -1.77. The summed E-state index contributed by atoms with van der Waals surface area (Å²) in [6.45, 7) is 3.88. The number of nitrogens with zero attached hydrogens (tertiary/aromatic N) is 4. The van der Waals surface area contributed by atoms with Crippen molar-refractivity contribution in [2.75, 3.05) is 26.2 Å². The summed E-state index contributed by atoms with van der Waals surface area (Å²) in [5.41, 5.74) is 0.897. The van der Waals surface area contributed by atoms with Crippen LogP contribution in [0.1, 0.15) is 31.0 Å². The second-order valence-corrected chi connectivity index (χ2v) is 8.95. The summed E-state index contributed by atoms with van der Waals surface area (Å²) >= 11 is 0. The molecule has 1 aromatic heterocycles. The van der Waals surface area contributed by atoms with Crippen LogP contribution in [0, 0.1) is 5.82 Å². The normalized spacial score (nSPS) is 21.8. The predicted octanol–water partition coefficient (Wildman–Crippen LogP) is 2.25. The number of fused-ring (bicyclic) bond motifs is 1. The molecule has 6 nitrogen and oxygen atoms in total. The first-order valence-corrected chi connectivity index (χ1v) is 10.5. The number of halogens is 1. The molecular formula is C18H23FN4O2S. The Bertz CT molecular complexity index is 860. The number of hydrogen-bond donors (Lipinski definition) is 0. The molecule has 0 bridgehead atoms. The van der Waals surface area contributed by atoms with E-state index in [1.807, 2.05) is 10.7 Å². The number of hydrogen-bond acceptors (Lipinski definition) is 4. The molecule has 1 unspecified atom stereocenters. The number of rotatable bonds is 5. The van der Waals surface area contributed by atoms with E-state index < -0.39 is 15.8 Å². The second-order valence-electron chi connectivity index (χ2n) is 7.01. The van der Waals surface area contributed by atoms with Crippen molar-refractivity contribution in [2.24, 2.45) is 0 Å². The molecule has 0 saturated carbocycles. The quantitative estimate of drug-likeness (QED) is 0.801. The SMILES string of the molecule is O=S(=O)(c1ccc(F)cc1)N1Cc2ccnn2C(CCN2CCCC2)C1. The van der Waals surface area contributed by atoms with Gasteiger partial charge in [-0.15, -0.1) is 0 Å². The van der Waals surface area contributed by atoms with E-state index in [1.54, 1.807) is 6.20 Å². The first kappa shape index (κ1) is 17.6. The Morgan fingerprint density at radius 1 is 1.12 bits per heavy atom. The lowest BCUT2D eigenvalue weighted by Gasteiger charge is -2.34. The third-order valence-corrected chi connectivity index (χ3v) is 7.11. The van der Waals surface area contributed by atoms with Crippen molar-refractivity contribution in [3.8, 4) is 0 Å². The molecule has 4 rings (SSSR count). The molecule has 0 N–H and O–H groups in total. The minimum Gasteiger partial charge on any atom is -0.303 e. The zero-order valence-electron chi connectivity index (χ0n) is 14.6. The maximum Gasteiger partial charge on any atom is 0.243 e. The highest BCUT2D eigenvalue weighted by molar-refractivity contribution is 7.89. The number of sulfonamides is 1. The smallest absolute Gasteiger partial charge is 0.243 e. The molecule has 2 aliphatic rings. The van der Waals surface area contributed by atoms with Gasteiger partial charge in [0.25, 0.3) is 0 Å². The van der Waals surface area contributed by atoms with Crippen LogP contribution in [-0.2, 0) is 16.6 Å². The Morgan fingerprint density at radius 2 is 1.85 bits per heavy atom. The summed E-state index contributed by atoms with van der Waals surface area (Å²) < 4.78 is 42.6. The zero-order chi connectivity index (χ0) is 18.1. The van der Waals surface area contributed by atoms with Crippen molar-refractivity contribution in [3.05, 3.63) is 48.0 Å². The van der Waals surface area contributed by atoms with Crippen LogP contribution in [0.15, 0.2) is 41.4 Å². The largest absolute Gasteiger partial charge is 0.303 e. The van der Waals surface area contributed by atoms with Crippen molar-refractivity contribution in [3.63, 3.8) is 0 Å². The molecule has 2 aromatic rings. The molecule has 0 amide bonds. The van der Waals surface area contributed by atoms with Crippen molar-refractivity contribution < 1.29 is 12.8 Å². The Balaban J connectivity index is 1.55. The number of likely N-dealkylation sites (tertiary alicyclic amines) is 1. The highest BCUT2D eigenvalue weighted by atomic mass is 32.2. The van der Waals surface area contributed by atoms with Gasteiger partial charge < -0.3 is 4.90 Å². The maximum absolute atomic E-state index is 13.2. The van der Waals surface area contributed by atoms with Gasteiger partial charge in [0.1, 0.15) is 5.82 Å². The average molecular weight is 378 g/mol. The fraction of sp³-hybridized carbons (Fsp3) is 0.500. The lowest BCUT2D eigenvalue weighted by atomic mass is 10.1. The molecule has 0 spiro atoms. The monoisotopic (exact) mass is 378 g/mol. The third kappa shape index (κ3) is 3.41. The molecular weight excluding hydrogens is 355 g/mol. The minimum atomic E-state index is -3.66. The topological polar surface area (TPSA) is 58.4 Å². The summed E-state index contributed by atoms with van der Waals surface area (Å²) in [5.74, 6) is -0.441. The summed E-state index contributed by atoms with van der Waals surface area (Å²) in [6.07, 6.45) is 5.07. The standard InChI is InChI=1S/C18H23FN4O2S/c19-15-3-5-18(6-4-15)26(24,25)22-13-16-7-9-20-23(16)17(14-22)8-12-21-10-1-2-11-21/h3-7,9,17H,1-2,8,10-14H2. The number of aromatic nitrogens is 2. The van der Waals surface area contributed by atoms with Crippen LogP contribution in [0.2, 0.25) is 0 Å². The molecule has 1 fully saturated rings.